The van der Waals surface area contributed by atoms with E-state index in [0.29, 0.717) is 12.5 Å². The van der Waals surface area contributed by atoms with Gasteiger partial charge >= 0.3 is 5.97 Å². The average Bonchev–Trinajstić information content (AvgIpc) is 2.30. The number of carboxylic acid groups (broad SMARTS) is 1. The van der Waals surface area contributed by atoms with Crippen LogP contribution in [0.5, 0.6) is 0 Å². The maximum Gasteiger partial charge on any atom is 0.303 e. The first-order valence-electron chi connectivity index (χ1n) is 7.46. The molecule has 0 amide bonds. The van der Waals surface area contributed by atoms with E-state index in [-0.39, 0.29) is 0 Å². The standard InChI is InChI=1S/C15H31NO2/c1-14(2)16(3)13-11-9-7-5-4-6-8-10-12-15(17)18/h14H,4-13H2,1-3H3,(H,17,18). The molecule has 0 aliphatic heterocycles. The van der Waals surface area contributed by atoms with Gasteiger partial charge in [-0.15, -0.1) is 0 Å². The molecule has 0 aromatic carbocycles. The van der Waals surface area contributed by atoms with Crippen molar-refractivity contribution in [1.29, 1.82) is 0 Å². The summed E-state index contributed by atoms with van der Waals surface area (Å²) in [5.74, 6) is -0.663. The van der Waals surface area contributed by atoms with Crippen molar-refractivity contribution in [3.05, 3.63) is 0 Å². The highest BCUT2D eigenvalue weighted by Crippen LogP contribution is 2.10. The van der Waals surface area contributed by atoms with Gasteiger partial charge < -0.3 is 10.0 Å². The lowest BCUT2D eigenvalue weighted by Gasteiger charge is -2.20. The number of nitrogens with zero attached hydrogens (tertiary/aromatic N) is 1. The molecular weight excluding hydrogens is 226 g/mol. The van der Waals surface area contributed by atoms with E-state index in [0.717, 1.165) is 12.8 Å². The molecule has 0 unspecified atom stereocenters. The van der Waals surface area contributed by atoms with Gasteiger partial charge in [0, 0.05) is 12.5 Å². The molecule has 1 N–H and O–H groups in total. The SMILES string of the molecule is CC(C)N(C)CCCCCCCCCCC(=O)O. The van der Waals surface area contributed by atoms with Gasteiger partial charge in [0.05, 0.1) is 0 Å². The van der Waals surface area contributed by atoms with Crippen LogP contribution in [0.25, 0.3) is 0 Å². The zero-order valence-corrected chi connectivity index (χ0v) is 12.5. The van der Waals surface area contributed by atoms with Gasteiger partial charge in [-0.05, 0) is 40.3 Å². The molecule has 0 aliphatic rings. The maximum absolute atomic E-state index is 10.3. The van der Waals surface area contributed by atoms with Crippen LogP contribution in [0.4, 0.5) is 0 Å². The number of carbonyl (C=O) groups is 1. The van der Waals surface area contributed by atoms with E-state index in [1.807, 2.05) is 0 Å². The minimum Gasteiger partial charge on any atom is -0.481 e. The predicted molar refractivity (Wildman–Crippen MR) is 77.0 cm³/mol. The van der Waals surface area contributed by atoms with Crippen molar-refractivity contribution in [3.63, 3.8) is 0 Å². The topological polar surface area (TPSA) is 40.5 Å². The van der Waals surface area contributed by atoms with Gasteiger partial charge in [-0.2, -0.15) is 0 Å². The number of aliphatic carboxylic acids is 1. The van der Waals surface area contributed by atoms with Crippen LogP contribution in [-0.4, -0.2) is 35.6 Å². The second-order valence-corrected chi connectivity index (χ2v) is 5.55. The largest absolute Gasteiger partial charge is 0.481 e. The Kier molecular flexibility index (Phi) is 11.2. The van der Waals surface area contributed by atoms with Crippen molar-refractivity contribution in [2.24, 2.45) is 0 Å². The lowest BCUT2D eigenvalue weighted by Crippen LogP contribution is -2.27. The summed E-state index contributed by atoms with van der Waals surface area (Å²) in [5, 5.41) is 8.49. The molecule has 18 heavy (non-hydrogen) atoms. The minimum atomic E-state index is -0.663. The number of hydrogen-bond donors (Lipinski definition) is 1. The number of rotatable bonds is 12. The third-order valence-electron chi connectivity index (χ3n) is 3.53. The Morgan fingerprint density at radius 2 is 1.39 bits per heavy atom. The Hall–Kier alpha value is -0.570. The summed E-state index contributed by atoms with van der Waals surface area (Å²) in [7, 11) is 2.19. The zero-order chi connectivity index (χ0) is 13.8. The quantitative estimate of drug-likeness (QED) is 0.539. The molecule has 0 bridgehead atoms. The normalized spacial score (nSPS) is 11.4. The molecule has 0 fully saturated rings. The third kappa shape index (κ3) is 11.9. The van der Waals surface area contributed by atoms with Crippen molar-refractivity contribution in [3.8, 4) is 0 Å². The Morgan fingerprint density at radius 1 is 0.944 bits per heavy atom. The van der Waals surface area contributed by atoms with E-state index >= 15 is 0 Å². The Morgan fingerprint density at radius 3 is 1.83 bits per heavy atom. The molecule has 3 nitrogen and oxygen atoms in total. The van der Waals surface area contributed by atoms with Crippen molar-refractivity contribution >= 4 is 5.97 Å². The van der Waals surface area contributed by atoms with E-state index in [4.69, 9.17) is 5.11 Å². The summed E-state index contributed by atoms with van der Waals surface area (Å²) in [5.41, 5.74) is 0. The summed E-state index contributed by atoms with van der Waals surface area (Å²) >= 11 is 0. The van der Waals surface area contributed by atoms with Gasteiger partial charge in [-0.3, -0.25) is 4.79 Å². The molecule has 0 aliphatic carbocycles. The number of unbranched alkanes of at least 4 members (excludes halogenated alkanes) is 7. The van der Waals surface area contributed by atoms with Crippen LogP contribution < -0.4 is 0 Å². The van der Waals surface area contributed by atoms with Crippen LogP contribution in [0, 0.1) is 0 Å². The fraction of sp³-hybridized carbons (Fsp3) is 0.933. The molecule has 0 radical (unpaired) electrons. The fourth-order valence-corrected chi connectivity index (χ4v) is 1.96. The van der Waals surface area contributed by atoms with Crippen LogP contribution >= 0.6 is 0 Å². The molecule has 0 aromatic heterocycles. The van der Waals surface area contributed by atoms with Crippen molar-refractivity contribution in [1.82, 2.24) is 4.90 Å². The summed E-state index contributed by atoms with van der Waals surface area (Å²) in [6, 6.07) is 0.652. The Bertz CT molecular complexity index is 205. The first-order chi connectivity index (χ1) is 8.54. The first kappa shape index (κ1) is 17.4. The highest BCUT2D eigenvalue weighted by atomic mass is 16.4. The molecule has 0 atom stereocenters. The third-order valence-corrected chi connectivity index (χ3v) is 3.53. The summed E-state index contributed by atoms with van der Waals surface area (Å²) in [4.78, 5) is 12.7. The highest BCUT2D eigenvalue weighted by molar-refractivity contribution is 5.66. The van der Waals surface area contributed by atoms with Crippen LogP contribution in [0.1, 0.15) is 71.6 Å². The van der Waals surface area contributed by atoms with Crippen LogP contribution in [-0.2, 0) is 4.79 Å². The number of hydrogen-bond acceptors (Lipinski definition) is 2. The molecule has 3 heteroatoms. The highest BCUT2D eigenvalue weighted by Gasteiger charge is 2.01. The van der Waals surface area contributed by atoms with Crippen molar-refractivity contribution in [2.75, 3.05) is 13.6 Å². The Balaban J connectivity index is 3.10. The molecule has 0 rings (SSSR count). The lowest BCUT2D eigenvalue weighted by molar-refractivity contribution is -0.137. The monoisotopic (exact) mass is 257 g/mol. The molecule has 108 valence electrons. The summed E-state index contributed by atoms with van der Waals surface area (Å²) < 4.78 is 0. The van der Waals surface area contributed by atoms with E-state index < -0.39 is 5.97 Å². The second kappa shape index (κ2) is 11.5. The average molecular weight is 257 g/mol. The van der Waals surface area contributed by atoms with E-state index in [1.165, 1.54) is 45.1 Å². The molecule has 0 saturated carbocycles. The van der Waals surface area contributed by atoms with E-state index in [9.17, 15) is 4.79 Å². The smallest absolute Gasteiger partial charge is 0.303 e. The molecule has 0 spiro atoms. The second-order valence-electron chi connectivity index (χ2n) is 5.55. The molecule has 0 aromatic rings. The molecule has 0 heterocycles. The lowest BCUT2D eigenvalue weighted by atomic mass is 10.1. The van der Waals surface area contributed by atoms with Crippen molar-refractivity contribution < 1.29 is 9.90 Å². The van der Waals surface area contributed by atoms with Gasteiger partial charge in [0.25, 0.3) is 0 Å². The summed E-state index contributed by atoms with van der Waals surface area (Å²) in [6.45, 7) is 5.67. The van der Waals surface area contributed by atoms with Crippen LogP contribution in [0.15, 0.2) is 0 Å². The van der Waals surface area contributed by atoms with Gasteiger partial charge in [0.2, 0.25) is 0 Å². The molecule has 0 saturated heterocycles. The van der Waals surface area contributed by atoms with E-state index in [2.05, 4.69) is 25.8 Å². The summed E-state index contributed by atoms with van der Waals surface area (Å²) in [6.07, 6.45) is 9.96. The first-order valence-corrected chi connectivity index (χ1v) is 7.46. The van der Waals surface area contributed by atoms with Crippen LogP contribution in [0.3, 0.4) is 0 Å². The van der Waals surface area contributed by atoms with Gasteiger partial charge in [0.1, 0.15) is 0 Å². The van der Waals surface area contributed by atoms with Gasteiger partial charge in [-0.1, -0.05) is 38.5 Å². The zero-order valence-electron chi connectivity index (χ0n) is 12.5. The van der Waals surface area contributed by atoms with Gasteiger partial charge in [-0.25, -0.2) is 0 Å². The minimum absolute atomic E-state index is 0.335. The Labute approximate surface area is 113 Å². The molecular formula is C15H31NO2. The van der Waals surface area contributed by atoms with Gasteiger partial charge in [0.15, 0.2) is 0 Å². The van der Waals surface area contributed by atoms with Crippen molar-refractivity contribution in [2.45, 2.75) is 77.7 Å². The van der Waals surface area contributed by atoms with E-state index in [1.54, 1.807) is 0 Å². The fourth-order valence-electron chi connectivity index (χ4n) is 1.96. The predicted octanol–water partition coefficient (Wildman–Crippen LogP) is 3.92. The maximum atomic E-state index is 10.3. The van der Waals surface area contributed by atoms with Crippen LogP contribution in [0.2, 0.25) is 0 Å². The number of carboxylic acids is 1.